The van der Waals surface area contributed by atoms with Crippen LogP contribution in [0.15, 0.2) is 0 Å². The number of likely N-dealkylation sites (tertiary alicyclic amines) is 1. The molecular weight excluding hydrogens is 286 g/mol. The molecule has 1 aliphatic rings. The van der Waals surface area contributed by atoms with Crippen molar-refractivity contribution in [1.82, 2.24) is 15.1 Å². The summed E-state index contributed by atoms with van der Waals surface area (Å²) < 4.78 is 0. The lowest BCUT2D eigenvalue weighted by Crippen LogP contribution is -2.54. The van der Waals surface area contributed by atoms with Gasteiger partial charge in [-0.25, -0.2) is 9.59 Å². The van der Waals surface area contributed by atoms with Gasteiger partial charge in [0.25, 0.3) is 0 Å². The largest absolute Gasteiger partial charge is 0.480 e. The Morgan fingerprint density at radius 2 is 1.86 bits per heavy atom. The molecule has 0 aromatic carbocycles. The van der Waals surface area contributed by atoms with E-state index < -0.39 is 17.4 Å². The number of piperidine rings is 1. The van der Waals surface area contributed by atoms with Crippen LogP contribution in [-0.4, -0.2) is 66.0 Å². The predicted octanol–water partition coefficient (Wildman–Crippen LogP) is 0.996. The standard InChI is InChI=1S/C15H27N3O4/c1-15(2,3)11(13(20)21)16-12(19)10-7-6-8-18(9-10)14(22)17(4)5/h10-11H,6-9H2,1-5H3,(H,16,19)(H,20,21). The van der Waals surface area contributed by atoms with Crippen LogP contribution < -0.4 is 5.32 Å². The van der Waals surface area contributed by atoms with E-state index in [9.17, 15) is 19.5 Å². The van der Waals surface area contributed by atoms with Crippen molar-refractivity contribution < 1.29 is 19.5 Å². The Kier molecular flexibility index (Phi) is 5.79. The second kappa shape index (κ2) is 6.98. The van der Waals surface area contributed by atoms with Gasteiger partial charge in [0.05, 0.1) is 5.92 Å². The maximum atomic E-state index is 12.4. The number of hydrogen-bond acceptors (Lipinski definition) is 3. The maximum Gasteiger partial charge on any atom is 0.326 e. The average molecular weight is 313 g/mol. The van der Waals surface area contributed by atoms with Crippen LogP contribution >= 0.6 is 0 Å². The Balaban J connectivity index is 2.72. The van der Waals surface area contributed by atoms with Gasteiger partial charge in [-0.2, -0.15) is 0 Å². The topological polar surface area (TPSA) is 90.0 Å². The lowest BCUT2D eigenvalue weighted by Gasteiger charge is -2.35. The molecule has 1 aliphatic heterocycles. The minimum Gasteiger partial charge on any atom is -0.480 e. The summed E-state index contributed by atoms with van der Waals surface area (Å²) in [5, 5.41) is 11.9. The molecule has 2 N–H and O–H groups in total. The number of nitrogens with one attached hydrogen (secondary N) is 1. The zero-order valence-corrected chi connectivity index (χ0v) is 14.0. The van der Waals surface area contributed by atoms with Crippen LogP contribution in [0.4, 0.5) is 4.79 Å². The highest BCUT2D eigenvalue weighted by Crippen LogP contribution is 2.22. The molecule has 1 saturated heterocycles. The molecule has 0 aromatic heterocycles. The monoisotopic (exact) mass is 313 g/mol. The van der Waals surface area contributed by atoms with Gasteiger partial charge in [0.2, 0.25) is 5.91 Å². The van der Waals surface area contributed by atoms with Crippen molar-refractivity contribution in [3.63, 3.8) is 0 Å². The van der Waals surface area contributed by atoms with Crippen molar-refractivity contribution >= 4 is 17.9 Å². The number of amides is 3. The van der Waals surface area contributed by atoms with Crippen molar-refractivity contribution in [1.29, 1.82) is 0 Å². The van der Waals surface area contributed by atoms with Crippen LogP contribution in [0.25, 0.3) is 0 Å². The molecular formula is C15H27N3O4. The summed E-state index contributed by atoms with van der Waals surface area (Å²) in [7, 11) is 3.35. The van der Waals surface area contributed by atoms with Gasteiger partial charge in [-0.1, -0.05) is 20.8 Å². The molecule has 1 rings (SSSR count). The normalized spacial score (nSPS) is 20.2. The van der Waals surface area contributed by atoms with Crippen LogP contribution in [-0.2, 0) is 9.59 Å². The van der Waals surface area contributed by atoms with E-state index >= 15 is 0 Å². The summed E-state index contributed by atoms with van der Waals surface area (Å²) in [6, 6.07) is -1.07. The first-order valence-electron chi connectivity index (χ1n) is 7.53. The molecule has 2 unspecified atom stereocenters. The highest BCUT2D eigenvalue weighted by Gasteiger charge is 2.36. The zero-order chi connectivity index (χ0) is 17.1. The van der Waals surface area contributed by atoms with E-state index in [0.29, 0.717) is 19.5 Å². The Labute approximate surface area is 131 Å². The van der Waals surface area contributed by atoms with Crippen molar-refractivity contribution in [3.8, 4) is 0 Å². The smallest absolute Gasteiger partial charge is 0.326 e. The molecule has 2 atom stereocenters. The Hall–Kier alpha value is -1.79. The molecule has 1 fully saturated rings. The third kappa shape index (κ3) is 4.61. The molecule has 3 amide bonds. The number of carboxylic acid groups (broad SMARTS) is 1. The fourth-order valence-electron chi connectivity index (χ4n) is 2.56. The van der Waals surface area contributed by atoms with Crippen molar-refractivity contribution in [2.75, 3.05) is 27.2 Å². The van der Waals surface area contributed by atoms with Gasteiger partial charge in [-0.05, 0) is 18.3 Å². The Bertz CT molecular complexity index is 443. The van der Waals surface area contributed by atoms with Crippen LogP contribution in [0.5, 0.6) is 0 Å². The van der Waals surface area contributed by atoms with E-state index in [-0.39, 0.29) is 17.9 Å². The first kappa shape index (κ1) is 18.3. The Morgan fingerprint density at radius 3 is 2.32 bits per heavy atom. The Morgan fingerprint density at radius 1 is 1.27 bits per heavy atom. The molecule has 0 bridgehead atoms. The molecule has 0 aromatic rings. The van der Waals surface area contributed by atoms with Crippen LogP contribution in [0, 0.1) is 11.3 Å². The highest BCUT2D eigenvalue weighted by atomic mass is 16.4. The summed E-state index contributed by atoms with van der Waals surface area (Å²) in [5.41, 5.74) is -0.574. The number of rotatable bonds is 3. The third-order valence-electron chi connectivity index (χ3n) is 3.84. The number of carbonyl (C=O) groups is 3. The predicted molar refractivity (Wildman–Crippen MR) is 82.4 cm³/mol. The second-order valence-corrected chi connectivity index (χ2v) is 7.11. The lowest BCUT2D eigenvalue weighted by atomic mass is 9.86. The molecule has 126 valence electrons. The minimum absolute atomic E-state index is 0.122. The lowest BCUT2D eigenvalue weighted by molar-refractivity contribution is -0.145. The number of urea groups is 1. The average Bonchev–Trinajstić information content (AvgIpc) is 2.42. The van der Waals surface area contributed by atoms with E-state index in [0.717, 1.165) is 6.42 Å². The summed E-state index contributed by atoms with van der Waals surface area (Å²) >= 11 is 0. The summed E-state index contributed by atoms with van der Waals surface area (Å²) in [5.74, 6) is -1.70. The van der Waals surface area contributed by atoms with Gasteiger partial charge < -0.3 is 20.2 Å². The first-order valence-corrected chi connectivity index (χ1v) is 7.53. The molecule has 0 radical (unpaired) electrons. The number of carbonyl (C=O) groups excluding carboxylic acids is 2. The van der Waals surface area contributed by atoms with Crippen molar-refractivity contribution in [2.45, 2.75) is 39.7 Å². The fourth-order valence-corrected chi connectivity index (χ4v) is 2.56. The third-order valence-corrected chi connectivity index (χ3v) is 3.84. The van der Waals surface area contributed by atoms with Gasteiger partial charge in [0.1, 0.15) is 6.04 Å². The van der Waals surface area contributed by atoms with Gasteiger partial charge in [-0.15, -0.1) is 0 Å². The molecule has 7 heteroatoms. The second-order valence-electron chi connectivity index (χ2n) is 7.11. The SMILES string of the molecule is CN(C)C(=O)N1CCCC(C(=O)NC(C(=O)O)C(C)(C)C)C1. The molecule has 1 heterocycles. The van der Waals surface area contributed by atoms with E-state index in [1.54, 1.807) is 39.8 Å². The molecule has 7 nitrogen and oxygen atoms in total. The molecule has 22 heavy (non-hydrogen) atoms. The number of hydrogen-bond donors (Lipinski definition) is 2. The van der Waals surface area contributed by atoms with Crippen LogP contribution in [0.1, 0.15) is 33.6 Å². The molecule has 0 saturated carbocycles. The van der Waals surface area contributed by atoms with Gasteiger partial charge >= 0.3 is 12.0 Å². The molecule has 0 spiro atoms. The summed E-state index contributed by atoms with van der Waals surface area (Å²) in [6.07, 6.45) is 1.41. The minimum atomic E-state index is -1.04. The van der Waals surface area contributed by atoms with Gasteiger partial charge in [0.15, 0.2) is 0 Å². The fraction of sp³-hybridized carbons (Fsp3) is 0.800. The van der Waals surface area contributed by atoms with Crippen molar-refractivity contribution in [3.05, 3.63) is 0 Å². The number of nitrogens with zero attached hydrogens (tertiary/aromatic N) is 2. The number of carboxylic acids is 1. The number of aliphatic carboxylic acids is 1. The van der Waals surface area contributed by atoms with E-state index in [1.807, 2.05) is 0 Å². The quantitative estimate of drug-likeness (QED) is 0.813. The van der Waals surface area contributed by atoms with E-state index in [2.05, 4.69) is 5.32 Å². The van der Waals surface area contributed by atoms with E-state index in [1.165, 1.54) is 4.90 Å². The van der Waals surface area contributed by atoms with E-state index in [4.69, 9.17) is 0 Å². The van der Waals surface area contributed by atoms with Crippen molar-refractivity contribution in [2.24, 2.45) is 11.3 Å². The highest BCUT2D eigenvalue weighted by molar-refractivity contribution is 5.86. The van der Waals surface area contributed by atoms with Crippen LogP contribution in [0.2, 0.25) is 0 Å². The molecule has 0 aliphatic carbocycles. The maximum absolute atomic E-state index is 12.4. The van der Waals surface area contributed by atoms with Gasteiger partial charge in [0, 0.05) is 27.2 Å². The van der Waals surface area contributed by atoms with Gasteiger partial charge in [-0.3, -0.25) is 4.79 Å². The zero-order valence-electron chi connectivity index (χ0n) is 14.0. The first-order chi connectivity index (χ1) is 10.0. The summed E-state index contributed by atoms with van der Waals surface area (Å²) in [4.78, 5) is 38.8. The van der Waals surface area contributed by atoms with Crippen LogP contribution in [0.3, 0.4) is 0 Å². The summed E-state index contributed by atoms with van der Waals surface area (Å²) in [6.45, 7) is 6.28.